The number of rotatable bonds is 1. The fourth-order valence-corrected chi connectivity index (χ4v) is 4.02. The van der Waals surface area contributed by atoms with Crippen LogP contribution in [0.1, 0.15) is 15.7 Å². The van der Waals surface area contributed by atoms with Crippen LogP contribution in [0.5, 0.6) is 0 Å². The largest absolute Gasteiger partial charge is 0.348 e. The Labute approximate surface area is 92.3 Å². The molecule has 1 atom stereocenters. The van der Waals surface area contributed by atoms with E-state index in [1.165, 1.54) is 10.4 Å². The lowest BCUT2D eigenvalue weighted by Crippen LogP contribution is -2.28. The maximum absolute atomic E-state index is 11.9. The molecule has 76 valence electrons. The molecule has 1 aromatic heterocycles. The topological polar surface area (TPSA) is 20.3 Å². The molecule has 1 aliphatic heterocycles. The van der Waals surface area contributed by atoms with E-state index >= 15 is 0 Å². The molecule has 2 nitrogen and oxygen atoms in total. The number of nitrogens with zero attached hydrogens (tertiary/aromatic N) is 1. The van der Waals surface area contributed by atoms with E-state index in [-0.39, 0.29) is 11.2 Å². The molecule has 0 spiro atoms. The van der Waals surface area contributed by atoms with E-state index in [0.717, 1.165) is 12.2 Å². The Bertz CT molecular complexity index is 346. The van der Waals surface area contributed by atoms with Crippen molar-refractivity contribution in [1.29, 1.82) is 0 Å². The first-order valence-corrected chi connectivity index (χ1v) is 6.52. The average molecular weight is 227 g/mol. The van der Waals surface area contributed by atoms with Gasteiger partial charge >= 0.3 is 0 Å². The summed E-state index contributed by atoms with van der Waals surface area (Å²) >= 11 is 3.54. The monoisotopic (exact) mass is 227 g/mol. The van der Waals surface area contributed by atoms with Gasteiger partial charge in [0.1, 0.15) is 5.25 Å². The van der Waals surface area contributed by atoms with Gasteiger partial charge in [-0.3, -0.25) is 4.79 Å². The van der Waals surface area contributed by atoms with E-state index in [1.807, 2.05) is 14.1 Å². The Kier molecular flexibility index (Phi) is 2.83. The molecule has 0 unspecified atom stereocenters. The summed E-state index contributed by atoms with van der Waals surface area (Å²) in [6.07, 6.45) is 1.12. The maximum atomic E-state index is 11.9. The molecule has 1 aliphatic rings. The highest BCUT2D eigenvalue weighted by atomic mass is 32.2. The van der Waals surface area contributed by atoms with E-state index in [0.29, 0.717) is 0 Å². The van der Waals surface area contributed by atoms with Gasteiger partial charge in [-0.25, -0.2) is 0 Å². The lowest BCUT2D eigenvalue weighted by Gasteiger charge is -2.24. The van der Waals surface area contributed by atoms with Crippen LogP contribution in [-0.2, 0) is 11.2 Å². The maximum Gasteiger partial charge on any atom is 0.239 e. The molecule has 4 heteroatoms. The van der Waals surface area contributed by atoms with Gasteiger partial charge in [-0.05, 0) is 29.2 Å². The van der Waals surface area contributed by atoms with E-state index in [9.17, 15) is 4.79 Å². The molecule has 0 bridgehead atoms. The quantitative estimate of drug-likeness (QED) is 0.733. The second kappa shape index (κ2) is 3.95. The normalized spacial score (nSPS) is 20.3. The minimum atomic E-state index is 0.0417. The standard InChI is InChI=1S/C10H13NOS2/c1-11(2)10(12)9-7-3-5-13-8(7)4-6-14-9/h3,5,9H,4,6H2,1-2H3/t9-/m0/s1. The molecule has 0 aliphatic carbocycles. The summed E-state index contributed by atoms with van der Waals surface area (Å²) < 4.78 is 0. The minimum Gasteiger partial charge on any atom is -0.348 e. The van der Waals surface area contributed by atoms with Crippen LogP contribution in [0.3, 0.4) is 0 Å². The van der Waals surface area contributed by atoms with Crippen molar-refractivity contribution in [2.24, 2.45) is 0 Å². The van der Waals surface area contributed by atoms with E-state index in [1.54, 1.807) is 28.0 Å². The minimum absolute atomic E-state index is 0.0417. The summed E-state index contributed by atoms with van der Waals surface area (Å²) in [6, 6.07) is 2.10. The van der Waals surface area contributed by atoms with Crippen LogP contribution in [0.15, 0.2) is 11.4 Å². The lowest BCUT2D eigenvalue weighted by atomic mass is 10.1. The molecule has 2 heterocycles. The highest BCUT2D eigenvalue weighted by molar-refractivity contribution is 8.00. The van der Waals surface area contributed by atoms with Crippen molar-refractivity contribution in [3.63, 3.8) is 0 Å². The van der Waals surface area contributed by atoms with Crippen molar-refractivity contribution >= 4 is 29.0 Å². The van der Waals surface area contributed by atoms with Crippen molar-refractivity contribution in [1.82, 2.24) is 4.90 Å². The number of hydrogen-bond donors (Lipinski definition) is 0. The fourth-order valence-electron chi connectivity index (χ4n) is 1.59. The van der Waals surface area contributed by atoms with Gasteiger partial charge in [-0.15, -0.1) is 23.1 Å². The lowest BCUT2D eigenvalue weighted by molar-refractivity contribution is -0.128. The molecular weight excluding hydrogens is 214 g/mol. The van der Waals surface area contributed by atoms with Gasteiger partial charge in [-0.1, -0.05) is 0 Å². The number of fused-ring (bicyclic) bond motifs is 1. The van der Waals surface area contributed by atoms with Gasteiger partial charge in [0, 0.05) is 19.0 Å². The molecule has 14 heavy (non-hydrogen) atoms. The van der Waals surface area contributed by atoms with Gasteiger partial charge in [0.2, 0.25) is 5.91 Å². The Balaban J connectivity index is 2.28. The first kappa shape index (κ1) is 10.1. The molecule has 0 radical (unpaired) electrons. The third-order valence-electron chi connectivity index (χ3n) is 2.34. The van der Waals surface area contributed by atoms with Crippen molar-refractivity contribution in [3.05, 3.63) is 21.9 Å². The molecule has 0 fully saturated rings. The summed E-state index contributed by atoms with van der Waals surface area (Å²) in [5.74, 6) is 1.28. The Morgan fingerprint density at radius 2 is 2.36 bits per heavy atom. The van der Waals surface area contributed by atoms with Crippen LogP contribution < -0.4 is 0 Å². The number of carbonyl (C=O) groups excluding carboxylic acids is 1. The molecule has 1 amide bonds. The van der Waals surface area contributed by atoms with Crippen molar-refractivity contribution in [2.75, 3.05) is 19.8 Å². The zero-order valence-corrected chi connectivity index (χ0v) is 9.95. The zero-order valence-electron chi connectivity index (χ0n) is 8.32. The molecular formula is C10H13NOS2. The first-order valence-electron chi connectivity index (χ1n) is 4.59. The van der Waals surface area contributed by atoms with Gasteiger partial charge in [0.05, 0.1) is 0 Å². The zero-order chi connectivity index (χ0) is 10.1. The molecule has 0 aromatic carbocycles. The molecule has 1 aromatic rings. The Hall–Kier alpha value is -0.480. The fraction of sp³-hybridized carbons (Fsp3) is 0.500. The second-order valence-corrected chi connectivity index (χ2v) is 5.75. The van der Waals surface area contributed by atoms with Crippen LogP contribution in [-0.4, -0.2) is 30.7 Å². The number of hydrogen-bond acceptors (Lipinski definition) is 3. The highest BCUT2D eigenvalue weighted by Crippen LogP contribution is 2.39. The van der Waals surface area contributed by atoms with E-state index < -0.39 is 0 Å². The van der Waals surface area contributed by atoms with Gasteiger partial charge in [0.15, 0.2) is 0 Å². The molecule has 2 rings (SSSR count). The summed E-state index contributed by atoms with van der Waals surface area (Å²) in [4.78, 5) is 14.9. The van der Waals surface area contributed by atoms with Gasteiger partial charge in [-0.2, -0.15) is 0 Å². The second-order valence-electron chi connectivity index (χ2n) is 3.53. The van der Waals surface area contributed by atoms with Crippen LogP contribution in [0.25, 0.3) is 0 Å². The number of aryl methyl sites for hydroxylation is 1. The molecule has 0 N–H and O–H groups in total. The van der Waals surface area contributed by atoms with E-state index in [2.05, 4.69) is 11.4 Å². The van der Waals surface area contributed by atoms with Crippen molar-refractivity contribution < 1.29 is 4.79 Å². The third kappa shape index (κ3) is 1.68. The summed E-state index contributed by atoms with van der Waals surface area (Å²) in [5, 5.41) is 2.13. The van der Waals surface area contributed by atoms with Crippen LogP contribution >= 0.6 is 23.1 Å². The number of carbonyl (C=O) groups is 1. The van der Waals surface area contributed by atoms with Crippen LogP contribution in [0.2, 0.25) is 0 Å². The summed E-state index contributed by atoms with van der Waals surface area (Å²) in [6.45, 7) is 0. The molecule has 0 saturated heterocycles. The van der Waals surface area contributed by atoms with Crippen LogP contribution in [0.4, 0.5) is 0 Å². The van der Waals surface area contributed by atoms with Gasteiger partial charge < -0.3 is 4.90 Å². The third-order valence-corrected chi connectivity index (χ3v) is 4.57. The Morgan fingerprint density at radius 1 is 1.57 bits per heavy atom. The number of amides is 1. The van der Waals surface area contributed by atoms with Crippen LogP contribution in [0, 0.1) is 0 Å². The Morgan fingerprint density at radius 3 is 3.07 bits per heavy atom. The van der Waals surface area contributed by atoms with Crippen molar-refractivity contribution in [2.45, 2.75) is 11.7 Å². The number of thioether (sulfide) groups is 1. The average Bonchev–Trinajstić information content (AvgIpc) is 2.63. The SMILES string of the molecule is CN(C)C(=O)[C@H]1SCCc2sccc21. The first-order chi connectivity index (χ1) is 6.70. The smallest absolute Gasteiger partial charge is 0.239 e. The molecule has 0 saturated carbocycles. The summed E-state index contributed by atoms with van der Waals surface area (Å²) in [5.41, 5.74) is 1.24. The predicted octanol–water partition coefficient (Wildman–Crippen LogP) is 2.17. The number of thiophene rings is 1. The predicted molar refractivity (Wildman–Crippen MR) is 61.9 cm³/mol. The highest BCUT2D eigenvalue weighted by Gasteiger charge is 2.28. The van der Waals surface area contributed by atoms with Crippen molar-refractivity contribution in [3.8, 4) is 0 Å². The van der Waals surface area contributed by atoms with E-state index in [4.69, 9.17) is 0 Å². The van der Waals surface area contributed by atoms with Gasteiger partial charge in [0.25, 0.3) is 0 Å². The summed E-state index contributed by atoms with van der Waals surface area (Å²) in [7, 11) is 3.65. The number of likely N-dealkylation sites (N-methyl/N-ethyl adjacent to an activating group) is 1.